The third kappa shape index (κ3) is 3.97. The Balaban J connectivity index is 0.00000294. The average Bonchev–Trinajstić information content (AvgIpc) is 3.13. The van der Waals surface area contributed by atoms with Crippen LogP contribution in [-0.2, 0) is 16.1 Å². The van der Waals surface area contributed by atoms with Crippen molar-refractivity contribution in [1.29, 1.82) is 5.26 Å². The summed E-state index contributed by atoms with van der Waals surface area (Å²) in [7, 11) is 0. The number of amides is 3. The molecule has 1 aliphatic carbocycles. The molecule has 9 nitrogen and oxygen atoms in total. The second kappa shape index (κ2) is 9.42. The lowest BCUT2D eigenvalue weighted by Gasteiger charge is -2.28. The number of pyridine rings is 2. The quantitative estimate of drug-likeness (QED) is 0.495. The summed E-state index contributed by atoms with van der Waals surface area (Å²) in [5.41, 5.74) is 3.03. The van der Waals surface area contributed by atoms with Crippen LogP contribution in [0.15, 0.2) is 24.4 Å². The molecule has 3 aromatic rings. The predicted molar refractivity (Wildman–Crippen MR) is 145 cm³/mol. The number of carbonyl (C=O) groups is 3. The molecule has 38 heavy (non-hydrogen) atoms. The van der Waals surface area contributed by atoms with Crippen LogP contribution in [0.1, 0.15) is 40.3 Å². The van der Waals surface area contributed by atoms with Gasteiger partial charge in [-0.15, -0.1) is 23.7 Å². The summed E-state index contributed by atoms with van der Waals surface area (Å²) in [6.07, 6.45) is 1.66. The highest BCUT2D eigenvalue weighted by molar-refractivity contribution is 7.19. The van der Waals surface area contributed by atoms with Crippen LogP contribution in [0.25, 0.3) is 21.5 Å². The topological polar surface area (TPSA) is 119 Å². The summed E-state index contributed by atoms with van der Waals surface area (Å²) in [5, 5.41) is 12.9. The Hall–Kier alpha value is -3.39. The number of thiophene rings is 1. The summed E-state index contributed by atoms with van der Waals surface area (Å²) in [6, 6.07) is 7.45. The Morgan fingerprint density at radius 3 is 2.55 bits per heavy atom. The highest BCUT2D eigenvalue weighted by Crippen LogP contribution is 2.63. The molecule has 196 valence electrons. The Bertz CT molecular complexity index is 1510. The molecule has 11 heteroatoms. The summed E-state index contributed by atoms with van der Waals surface area (Å²) >= 11 is 1.43. The van der Waals surface area contributed by atoms with Crippen LogP contribution in [0.3, 0.4) is 0 Å². The maximum Gasteiger partial charge on any atom is 0.256 e. The number of nitriles is 1. The number of imide groups is 1. The van der Waals surface area contributed by atoms with Gasteiger partial charge in [-0.05, 0) is 36.1 Å². The molecular formula is C27H27ClN6O3S. The molecule has 2 atom stereocenters. The normalized spacial score (nSPS) is 21.7. The van der Waals surface area contributed by atoms with Crippen LogP contribution in [0, 0.1) is 35.5 Å². The number of nitrogens with zero attached hydrogens (tertiary/aromatic N) is 5. The lowest BCUT2D eigenvalue weighted by molar-refractivity contribution is -0.143. The molecule has 5 heterocycles. The third-order valence-electron chi connectivity index (χ3n) is 7.87. The summed E-state index contributed by atoms with van der Waals surface area (Å²) in [4.78, 5) is 52.5. The van der Waals surface area contributed by atoms with Gasteiger partial charge in [0.25, 0.3) is 5.91 Å². The highest BCUT2D eigenvalue weighted by Gasteiger charge is 2.72. The molecule has 2 unspecified atom stereocenters. The summed E-state index contributed by atoms with van der Waals surface area (Å²) in [5.74, 6) is -0.755. The van der Waals surface area contributed by atoms with Crippen molar-refractivity contribution in [2.24, 2.45) is 17.3 Å². The lowest BCUT2D eigenvalue weighted by atomic mass is 9.99. The average molecular weight is 551 g/mol. The van der Waals surface area contributed by atoms with Crippen LogP contribution in [0.2, 0.25) is 0 Å². The second-order valence-electron chi connectivity index (χ2n) is 10.5. The summed E-state index contributed by atoms with van der Waals surface area (Å²) in [6.45, 7) is 8.63. The molecule has 3 fully saturated rings. The Morgan fingerprint density at radius 1 is 1.21 bits per heavy atom. The van der Waals surface area contributed by atoms with E-state index in [0.717, 1.165) is 22.7 Å². The van der Waals surface area contributed by atoms with Gasteiger partial charge in [0.1, 0.15) is 11.8 Å². The first-order valence-corrected chi connectivity index (χ1v) is 13.2. The zero-order valence-corrected chi connectivity index (χ0v) is 22.9. The van der Waals surface area contributed by atoms with Crippen molar-refractivity contribution in [1.82, 2.24) is 25.1 Å². The zero-order valence-electron chi connectivity index (χ0n) is 21.3. The van der Waals surface area contributed by atoms with E-state index in [1.807, 2.05) is 37.8 Å². The molecule has 0 bridgehead atoms. The van der Waals surface area contributed by atoms with E-state index in [2.05, 4.69) is 21.4 Å². The van der Waals surface area contributed by atoms with Crippen LogP contribution in [-0.4, -0.2) is 63.7 Å². The molecule has 0 radical (unpaired) electrons. The fourth-order valence-corrected chi connectivity index (χ4v) is 6.91. The van der Waals surface area contributed by atoms with Crippen molar-refractivity contribution >= 4 is 51.7 Å². The fraction of sp³-hybridized carbons (Fsp3) is 0.407. The first-order valence-electron chi connectivity index (χ1n) is 12.4. The third-order valence-corrected chi connectivity index (χ3v) is 9.02. The van der Waals surface area contributed by atoms with E-state index in [-0.39, 0.29) is 59.6 Å². The first kappa shape index (κ1) is 26.2. The van der Waals surface area contributed by atoms with Gasteiger partial charge in [0.2, 0.25) is 11.8 Å². The van der Waals surface area contributed by atoms with Gasteiger partial charge in [-0.2, -0.15) is 5.26 Å². The number of piperidine rings is 1. The molecule has 3 amide bonds. The maximum absolute atomic E-state index is 13.6. The maximum atomic E-state index is 13.6. The number of hydrogen-bond donors (Lipinski definition) is 1. The van der Waals surface area contributed by atoms with Gasteiger partial charge in [-0.25, -0.2) is 4.98 Å². The number of fused-ring (bicyclic) bond motifs is 2. The van der Waals surface area contributed by atoms with E-state index < -0.39 is 0 Å². The van der Waals surface area contributed by atoms with Crippen molar-refractivity contribution < 1.29 is 14.4 Å². The van der Waals surface area contributed by atoms with E-state index in [1.54, 1.807) is 12.3 Å². The second-order valence-corrected chi connectivity index (χ2v) is 11.7. The fourth-order valence-electron chi connectivity index (χ4n) is 5.79. The molecular weight excluding hydrogens is 524 g/mol. The van der Waals surface area contributed by atoms with Crippen LogP contribution in [0.4, 0.5) is 0 Å². The van der Waals surface area contributed by atoms with E-state index in [0.29, 0.717) is 41.0 Å². The minimum atomic E-state index is -0.248. The predicted octanol–water partition coefficient (Wildman–Crippen LogP) is 3.15. The highest BCUT2D eigenvalue weighted by atomic mass is 35.5. The number of halogens is 1. The van der Waals surface area contributed by atoms with Gasteiger partial charge in [0.15, 0.2) is 0 Å². The zero-order chi connectivity index (χ0) is 26.1. The monoisotopic (exact) mass is 550 g/mol. The number of aromatic nitrogens is 2. The number of rotatable bonds is 4. The minimum Gasteiger partial charge on any atom is -0.336 e. The lowest BCUT2D eigenvalue weighted by Crippen LogP contribution is -2.46. The van der Waals surface area contributed by atoms with Gasteiger partial charge in [0, 0.05) is 42.8 Å². The molecule has 0 spiro atoms. The number of hydrogen-bond acceptors (Lipinski definition) is 8. The summed E-state index contributed by atoms with van der Waals surface area (Å²) < 4.78 is 0.804. The first-order chi connectivity index (χ1) is 17.7. The van der Waals surface area contributed by atoms with Gasteiger partial charge in [0.05, 0.1) is 39.9 Å². The molecule has 2 aliphatic heterocycles. The number of likely N-dealkylation sites (tertiary alicyclic amines) is 1. The number of piperazine rings is 1. The number of nitrogens with one attached hydrogen (secondary N) is 1. The van der Waals surface area contributed by atoms with Gasteiger partial charge < -0.3 is 10.2 Å². The molecule has 0 aromatic carbocycles. The van der Waals surface area contributed by atoms with Crippen molar-refractivity contribution in [3.05, 3.63) is 46.1 Å². The van der Waals surface area contributed by atoms with E-state index in [1.165, 1.54) is 16.2 Å². The van der Waals surface area contributed by atoms with Gasteiger partial charge in [-0.3, -0.25) is 24.3 Å². The van der Waals surface area contributed by atoms with Gasteiger partial charge in [-0.1, -0.05) is 13.8 Å². The van der Waals surface area contributed by atoms with Crippen LogP contribution >= 0.6 is 23.7 Å². The Morgan fingerprint density at radius 2 is 1.89 bits per heavy atom. The molecule has 1 saturated carbocycles. The largest absolute Gasteiger partial charge is 0.336 e. The van der Waals surface area contributed by atoms with E-state index >= 15 is 0 Å². The van der Waals surface area contributed by atoms with Crippen molar-refractivity contribution in [3.63, 3.8) is 0 Å². The number of aryl methyl sites for hydroxylation is 1. The minimum absolute atomic E-state index is 0. The standard InChI is InChI=1S/C27H26N6O3S.ClH/c1-14-10-15(12-28)31-22(19(14)24(34)32-8-6-29-7-9-32)17-4-5-30-18-11-16(37-23(17)18)13-33-25(35)20-21(26(33)36)27(20,2)3;/h4-5,10-11,20-21,29H,6-9,13H2,1-3H3;1H. The molecule has 3 aliphatic rings. The number of carbonyl (C=O) groups excluding carboxylic acids is 3. The van der Waals surface area contributed by atoms with Crippen molar-refractivity contribution in [3.8, 4) is 17.3 Å². The SMILES string of the molecule is Cc1cc(C#N)nc(-c2ccnc3cc(CN4C(=O)C5C(C4=O)C5(C)C)sc23)c1C(=O)N1CCNCC1.Cl. The van der Waals surface area contributed by atoms with Crippen molar-refractivity contribution in [2.75, 3.05) is 26.2 Å². The van der Waals surface area contributed by atoms with Gasteiger partial charge >= 0.3 is 0 Å². The molecule has 2 saturated heterocycles. The molecule has 1 N–H and O–H groups in total. The smallest absolute Gasteiger partial charge is 0.256 e. The van der Waals surface area contributed by atoms with E-state index in [9.17, 15) is 19.6 Å². The molecule has 3 aromatic heterocycles. The van der Waals surface area contributed by atoms with Crippen LogP contribution in [0.5, 0.6) is 0 Å². The van der Waals surface area contributed by atoms with Crippen LogP contribution < -0.4 is 5.32 Å². The van der Waals surface area contributed by atoms with Crippen molar-refractivity contribution in [2.45, 2.75) is 27.3 Å². The molecule has 6 rings (SSSR count). The Kier molecular flexibility index (Phi) is 6.50. The van der Waals surface area contributed by atoms with E-state index in [4.69, 9.17) is 0 Å². The Labute approximate surface area is 230 Å².